The lowest BCUT2D eigenvalue weighted by molar-refractivity contribution is -0.143. The van der Waals surface area contributed by atoms with Gasteiger partial charge in [-0.15, -0.1) is 0 Å². The maximum atomic E-state index is 12.5. The predicted molar refractivity (Wildman–Crippen MR) is 296 cm³/mol. The monoisotopic (exact) mass is 958 g/mol. The summed E-state index contributed by atoms with van der Waals surface area (Å²) in [5.41, 5.74) is 0. The van der Waals surface area contributed by atoms with Crippen LogP contribution in [0.3, 0.4) is 0 Å². The molecular weight excluding hydrogens is 839 g/mol. The van der Waals surface area contributed by atoms with Crippen LogP contribution in [0.15, 0.2) is 24.3 Å². The van der Waals surface area contributed by atoms with Crippen LogP contribution in [0, 0.1) is 0 Å². The van der Waals surface area contributed by atoms with Gasteiger partial charge in [-0.25, -0.2) is 0 Å². The first-order valence-corrected chi connectivity index (χ1v) is 30.6. The molecule has 0 spiro atoms. The summed E-state index contributed by atoms with van der Waals surface area (Å²) >= 11 is 0. The summed E-state index contributed by atoms with van der Waals surface area (Å²) in [4.78, 5) is 24.6. The highest BCUT2D eigenvalue weighted by atomic mass is 16.5. The Balaban J connectivity index is 3.49. The molecule has 0 aromatic rings. The molecule has 2 unspecified atom stereocenters. The topological polar surface area (TPSA) is 95.9 Å². The number of aliphatic hydroxyl groups is 2. The summed E-state index contributed by atoms with van der Waals surface area (Å²) in [7, 11) is 0. The van der Waals surface area contributed by atoms with E-state index in [1.807, 2.05) is 0 Å². The van der Waals surface area contributed by atoms with Crippen molar-refractivity contribution in [1.82, 2.24) is 5.32 Å². The average Bonchev–Trinajstić information content (AvgIpc) is 3.34. The third kappa shape index (κ3) is 53.7. The zero-order chi connectivity index (χ0) is 49.3. The van der Waals surface area contributed by atoms with Gasteiger partial charge in [-0.1, -0.05) is 269 Å². The maximum Gasteiger partial charge on any atom is 0.305 e. The summed E-state index contributed by atoms with van der Waals surface area (Å²) in [5.74, 6) is -0.0944. The molecule has 0 heterocycles. The number of hydrogen-bond donors (Lipinski definition) is 3. The van der Waals surface area contributed by atoms with E-state index in [0.29, 0.717) is 25.9 Å². The molecule has 0 saturated carbocycles. The molecule has 68 heavy (non-hydrogen) atoms. The SMILES string of the molecule is CCCCCCCC/C=C\CCCCCCCCCC(=O)OCCCC/C=C\CCCCCCCC(=O)NC(CO)C(O)CCCCCCCCCCCCCCCCCCCCCCCCC. The molecule has 0 rings (SSSR count). The van der Waals surface area contributed by atoms with Gasteiger partial charge in [0, 0.05) is 12.8 Å². The van der Waals surface area contributed by atoms with Crippen LogP contribution in [0.4, 0.5) is 0 Å². The third-order valence-corrected chi connectivity index (χ3v) is 14.2. The Labute approximate surface area is 424 Å². The van der Waals surface area contributed by atoms with Gasteiger partial charge in [0.2, 0.25) is 5.91 Å². The quantitative estimate of drug-likeness (QED) is 0.0321. The van der Waals surface area contributed by atoms with Gasteiger partial charge in [-0.05, 0) is 77.0 Å². The Bertz CT molecular complexity index is 1060. The molecule has 0 aliphatic rings. The van der Waals surface area contributed by atoms with Gasteiger partial charge in [-0.2, -0.15) is 0 Å². The molecule has 0 radical (unpaired) electrons. The van der Waals surface area contributed by atoms with Crippen LogP contribution in [-0.2, 0) is 14.3 Å². The minimum Gasteiger partial charge on any atom is -0.466 e. The van der Waals surface area contributed by atoms with Gasteiger partial charge >= 0.3 is 5.97 Å². The molecule has 402 valence electrons. The summed E-state index contributed by atoms with van der Waals surface area (Å²) in [6.07, 6.45) is 70.4. The van der Waals surface area contributed by atoms with Crippen molar-refractivity contribution in [1.29, 1.82) is 0 Å². The van der Waals surface area contributed by atoms with E-state index in [-0.39, 0.29) is 18.5 Å². The van der Waals surface area contributed by atoms with Gasteiger partial charge in [0.05, 0.1) is 25.4 Å². The molecule has 6 nitrogen and oxygen atoms in total. The molecule has 0 saturated heterocycles. The fourth-order valence-electron chi connectivity index (χ4n) is 9.51. The second-order valence-electron chi connectivity index (χ2n) is 21.0. The van der Waals surface area contributed by atoms with E-state index in [0.717, 1.165) is 83.5 Å². The fourth-order valence-corrected chi connectivity index (χ4v) is 9.51. The number of amides is 1. The van der Waals surface area contributed by atoms with Gasteiger partial charge in [0.15, 0.2) is 0 Å². The lowest BCUT2D eigenvalue weighted by Crippen LogP contribution is -2.45. The van der Waals surface area contributed by atoms with Crippen molar-refractivity contribution in [3.8, 4) is 0 Å². The van der Waals surface area contributed by atoms with E-state index in [1.54, 1.807) is 0 Å². The van der Waals surface area contributed by atoms with Crippen molar-refractivity contribution in [2.24, 2.45) is 0 Å². The van der Waals surface area contributed by atoms with Crippen LogP contribution in [-0.4, -0.2) is 47.4 Å². The number of ether oxygens (including phenoxy) is 1. The third-order valence-electron chi connectivity index (χ3n) is 14.2. The minimum atomic E-state index is -0.684. The lowest BCUT2D eigenvalue weighted by atomic mass is 10.0. The minimum absolute atomic E-state index is 0.0335. The first kappa shape index (κ1) is 66.3. The highest BCUT2D eigenvalue weighted by Crippen LogP contribution is 2.18. The van der Waals surface area contributed by atoms with Crippen LogP contribution in [0.1, 0.15) is 335 Å². The molecule has 3 N–H and O–H groups in total. The molecule has 2 atom stereocenters. The summed E-state index contributed by atoms with van der Waals surface area (Å²) in [6, 6.07) is -0.564. The highest BCUT2D eigenvalue weighted by Gasteiger charge is 2.20. The van der Waals surface area contributed by atoms with Gasteiger partial charge in [0.25, 0.3) is 0 Å². The zero-order valence-corrected chi connectivity index (χ0v) is 45.9. The summed E-state index contributed by atoms with van der Waals surface area (Å²) in [5, 5.41) is 23.3. The first-order chi connectivity index (χ1) is 33.5. The van der Waals surface area contributed by atoms with Crippen LogP contribution < -0.4 is 5.32 Å². The molecular formula is C62H119NO5. The van der Waals surface area contributed by atoms with E-state index >= 15 is 0 Å². The van der Waals surface area contributed by atoms with Crippen molar-refractivity contribution in [3.05, 3.63) is 24.3 Å². The number of nitrogens with one attached hydrogen (secondary N) is 1. The standard InChI is InChI=1S/C62H119NO5/c1-3-5-7-9-11-13-15-17-19-21-22-23-24-25-26-28-29-31-34-38-42-46-50-54-60(65)59(58-64)63-61(66)55-51-47-43-39-35-33-37-41-45-49-53-57-68-62(67)56-52-48-44-40-36-32-30-27-20-18-16-14-12-10-8-6-4-2/h18,20,37,41,59-60,64-65H,3-17,19,21-36,38-40,42-58H2,1-2H3,(H,63,66)/b20-18-,41-37-. The Morgan fingerprint density at radius 2 is 0.691 bits per heavy atom. The molecule has 0 aliphatic heterocycles. The average molecular weight is 959 g/mol. The van der Waals surface area contributed by atoms with Crippen molar-refractivity contribution in [3.63, 3.8) is 0 Å². The Hall–Kier alpha value is -1.66. The van der Waals surface area contributed by atoms with Crippen molar-refractivity contribution in [2.75, 3.05) is 13.2 Å². The largest absolute Gasteiger partial charge is 0.466 e. The number of aliphatic hydroxyl groups excluding tert-OH is 2. The van der Waals surface area contributed by atoms with Crippen LogP contribution >= 0.6 is 0 Å². The van der Waals surface area contributed by atoms with Crippen LogP contribution in [0.5, 0.6) is 0 Å². The lowest BCUT2D eigenvalue weighted by Gasteiger charge is -2.22. The molecule has 0 aromatic heterocycles. The molecule has 0 bridgehead atoms. The second-order valence-corrected chi connectivity index (χ2v) is 21.0. The van der Waals surface area contributed by atoms with Gasteiger partial charge in [0.1, 0.15) is 0 Å². The molecule has 0 aromatic carbocycles. The summed E-state index contributed by atoms with van der Waals surface area (Å²) in [6.45, 7) is 4.89. The number of hydrogen-bond acceptors (Lipinski definition) is 5. The van der Waals surface area contributed by atoms with Gasteiger partial charge in [-0.3, -0.25) is 9.59 Å². The number of carbonyl (C=O) groups excluding carboxylic acids is 2. The normalized spacial score (nSPS) is 12.7. The molecule has 6 heteroatoms. The Kier molecular flexibility index (Phi) is 56.5. The second kappa shape index (κ2) is 57.9. The molecule has 1 amide bonds. The van der Waals surface area contributed by atoms with E-state index in [4.69, 9.17) is 4.74 Å². The first-order valence-electron chi connectivity index (χ1n) is 30.6. The number of allylic oxidation sites excluding steroid dienone is 4. The van der Waals surface area contributed by atoms with Crippen molar-refractivity contribution in [2.45, 2.75) is 347 Å². The number of rotatable bonds is 57. The van der Waals surface area contributed by atoms with Crippen LogP contribution in [0.2, 0.25) is 0 Å². The Morgan fingerprint density at radius 3 is 1.04 bits per heavy atom. The molecule has 0 fully saturated rings. The van der Waals surface area contributed by atoms with E-state index in [9.17, 15) is 19.8 Å². The van der Waals surface area contributed by atoms with E-state index in [1.165, 1.54) is 218 Å². The highest BCUT2D eigenvalue weighted by molar-refractivity contribution is 5.76. The van der Waals surface area contributed by atoms with Crippen molar-refractivity contribution >= 4 is 11.9 Å². The van der Waals surface area contributed by atoms with E-state index in [2.05, 4.69) is 43.5 Å². The van der Waals surface area contributed by atoms with Crippen molar-refractivity contribution < 1.29 is 24.5 Å². The van der Waals surface area contributed by atoms with E-state index < -0.39 is 12.1 Å². The summed E-state index contributed by atoms with van der Waals surface area (Å²) < 4.78 is 5.45. The van der Waals surface area contributed by atoms with Gasteiger partial charge < -0.3 is 20.3 Å². The fraction of sp³-hybridized carbons (Fsp3) is 0.903. The van der Waals surface area contributed by atoms with Crippen LogP contribution in [0.25, 0.3) is 0 Å². The smallest absolute Gasteiger partial charge is 0.305 e. The number of esters is 1. The number of unbranched alkanes of at least 4 members (excludes halogenated alkanes) is 42. The zero-order valence-electron chi connectivity index (χ0n) is 45.9. The number of carbonyl (C=O) groups is 2. The predicted octanol–water partition coefficient (Wildman–Crippen LogP) is 19.0. The molecule has 0 aliphatic carbocycles. The maximum absolute atomic E-state index is 12.5. The Morgan fingerprint density at radius 1 is 0.397 bits per heavy atom.